The van der Waals surface area contributed by atoms with Crippen molar-refractivity contribution in [2.24, 2.45) is 17.2 Å². The summed E-state index contributed by atoms with van der Waals surface area (Å²) in [5.74, 6) is -13.6. The highest BCUT2D eigenvalue weighted by molar-refractivity contribution is 5.99. The minimum atomic E-state index is -2.00. The molecule has 0 saturated carbocycles. The normalized spacial score (nSPS) is 14.5. The fraction of sp³-hybridized carbons (Fsp3) is 0.469. The van der Waals surface area contributed by atoms with Gasteiger partial charge in [-0.25, -0.2) is 4.79 Å². The number of hydrogen-bond donors (Lipinski definition) is 12. The number of nitrogens with two attached hydrogens (primary N) is 3. The number of carboxylic acid groups (broad SMARTS) is 3. The van der Waals surface area contributed by atoms with Crippen LogP contribution in [-0.4, -0.2) is 123 Å². The van der Waals surface area contributed by atoms with E-state index in [1.807, 2.05) is 5.32 Å². The number of amides is 8. The summed E-state index contributed by atoms with van der Waals surface area (Å²) in [5.41, 5.74) is 16.2. The van der Waals surface area contributed by atoms with Gasteiger partial charge in [0.2, 0.25) is 47.3 Å². The highest BCUT2D eigenvalue weighted by Gasteiger charge is 2.35. The second-order valence-corrected chi connectivity index (χ2v) is 12.2. The van der Waals surface area contributed by atoms with Gasteiger partial charge >= 0.3 is 17.9 Å². The molecular weight excluding hydrogens is 734 g/mol. The summed E-state index contributed by atoms with van der Waals surface area (Å²) in [6, 6.07) is -3.40. The van der Waals surface area contributed by atoms with Crippen LogP contribution in [0.3, 0.4) is 0 Å². The van der Waals surface area contributed by atoms with E-state index < -0.39 is 140 Å². The maximum absolute atomic E-state index is 13.7. The lowest BCUT2D eigenvalue weighted by atomic mass is 10.0. The standard InChI is InChI=1S/C32H45N9O14/c1-14(33)26(48)36-15(2)27(49)38-19(11-22(34)42)30(52)39-18(10-16-6-4-3-5-7-16)29(51)40-20(13-25(46)47)31(53)37-17(8-9-24(44)45)28(50)41-21(32(54)55)12-23(35)43/h3-7,14-15,17-21H,8-13,33H2,1-2H3,(H2,34,42)(H2,35,43)(H,36,48)(H,37,53)(H,38,49)(H,39,52)(H,40,51)(H,41,50)(H,44,45)(H,46,47)(H,54,55)/t14-,15-,17-,18-,19-,20-,21-/m0/s1. The van der Waals surface area contributed by atoms with Gasteiger partial charge in [-0.05, 0) is 25.8 Å². The van der Waals surface area contributed by atoms with E-state index in [4.69, 9.17) is 22.3 Å². The lowest BCUT2D eigenvalue weighted by Crippen LogP contribution is -2.60. The Morgan fingerprint density at radius 2 is 0.982 bits per heavy atom. The van der Waals surface area contributed by atoms with Gasteiger partial charge in [-0.1, -0.05) is 30.3 Å². The van der Waals surface area contributed by atoms with E-state index in [0.717, 1.165) is 0 Å². The molecule has 15 N–H and O–H groups in total. The summed E-state index contributed by atoms with van der Waals surface area (Å²) >= 11 is 0. The van der Waals surface area contributed by atoms with Gasteiger partial charge in [-0.3, -0.25) is 47.9 Å². The quantitative estimate of drug-likeness (QED) is 0.0466. The Morgan fingerprint density at radius 1 is 0.545 bits per heavy atom. The first-order chi connectivity index (χ1) is 25.6. The monoisotopic (exact) mass is 779 g/mol. The predicted molar refractivity (Wildman–Crippen MR) is 185 cm³/mol. The molecule has 0 heterocycles. The lowest BCUT2D eigenvalue weighted by molar-refractivity contribution is -0.144. The number of primary amides is 2. The predicted octanol–water partition coefficient (Wildman–Crippen LogP) is -5.32. The Labute approximate surface area is 312 Å². The van der Waals surface area contributed by atoms with Crippen molar-refractivity contribution in [3.8, 4) is 0 Å². The van der Waals surface area contributed by atoms with Crippen molar-refractivity contribution in [3.05, 3.63) is 35.9 Å². The molecule has 1 rings (SSSR count). The van der Waals surface area contributed by atoms with Crippen molar-refractivity contribution in [1.82, 2.24) is 31.9 Å². The smallest absolute Gasteiger partial charge is 0.326 e. The Balaban J connectivity index is 3.42. The van der Waals surface area contributed by atoms with E-state index in [1.165, 1.54) is 13.8 Å². The molecule has 0 aromatic heterocycles. The molecule has 0 fully saturated rings. The van der Waals surface area contributed by atoms with Crippen LogP contribution in [0, 0.1) is 0 Å². The molecule has 23 heteroatoms. The maximum atomic E-state index is 13.7. The molecule has 7 atom stereocenters. The Bertz CT molecular complexity index is 1620. The van der Waals surface area contributed by atoms with Gasteiger partial charge in [0.1, 0.15) is 36.3 Å². The van der Waals surface area contributed by atoms with Gasteiger partial charge in [0.05, 0.1) is 25.3 Å². The Hall–Kier alpha value is -6.65. The molecule has 55 heavy (non-hydrogen) atoms. The minimum Gasteiger partial charge on any atom is -0.481 e. The molecule has 23 nitrogen and oxygen atoms in total. The van der Waals surface area contributed by atoms with Crippen molar-refractivity contribution in [3.63, 3.8) is 0 Å². The van der Waals surface area contributed by atoms with Gasteiger partial charge in [-0.2, -0.15) is 0 Å². The SMILES string of the molecule is C[C@H](N)C(=O)N[C@@H](C)C(=O)N[C@@H](CC(N)=O)C(=O)N[C@@H](Cc1ccccc1)C(=O)N[C@@H](CC(=O)O)C(=O)N[C@@H](CCC(=O)O)C(=O)N[C@@H](CC(N)=O)C(=O)O. The van der Waals surface area contributed by atoms with E-state index in [0.29, 0.717) is 5.56 Å². The number of aliphatic carboxylic acids is 3. The van der Waals surface area contributed by atoms with Crippen LogP contribution in [0.4, 0.5) is 0 Å². The third kappa shape index (κ3) is 17.6. The zero-order chi connectivity index (χ0) is 42.0. The number of carbonyl (C=O) groups excluding carboxylic acids is 8. The Morgan fingerprint density at radius 3 is 1.47 bits per heavy atom. The average Bonchev–Trinajstić information content (AvgIpc) is 3.08. The van der Waals surface area contributed by atoms with Crippen LogP contribution in [0.2, 0.25) is 0 Å². The van der Waals surface area contributed by atoms with Crippen LogP contribution in [0.15, 0.2) is 30.3 Å². The van der Waals surface area contributed by atoms with Crippen LogP contribution in [0.5, 0.6) is 0 Å². The van der Waals surface area contributed by atoms with E-state index in [9.17, 15) is 63.0 Å². The van der Waals surface area contributed by atoms with Gasteiger partial charge in [0.25, 0.3) is 0 Å². The van der Waals surface area contributed by atoms with Crippen LogP contribution < -0.4 is 49.1 Å². The highest BCUT2D eigenvalue weighted by atomic mass is 16.4. The van der Waals surface area contributed by atoms with E-state index in [1.54, 1.807) is 30.3 Å². The molecule has 0 radical (unpaired) electrons. The van der Waals surface area contributed by atoms with Crippen molar-refractivity contribution in [2.45, 2.75) is 94.7 Å². The molecule has 0 aliphatic rings. The van der Waals surface area contributed by atoms with E-state index in [2.05, 4.69) is 26.6 Å². The van der Waals surface area contributed by atoms with Crippen molar-refractivity contribution in [1.29, 1.82) is 0 Å². The fourth-order valence-electron chi connectivity index (χ4n) is 4.59. The summed E-state index contributed by atoms with van der Waals surface area (Å²) in [6.45, 7) is 2.61. The topological polar surface area (TPSA) is 399 Å². The molecule has 0 aliphatic heterocycles. The van der Waals surface area contributed by atoms with Gasteiger partial charge < -0.3 is 64.4 Å². The number of carbonyl (C=O) groups is 11. The molecule has 0 bridgehead atoms. The van der Waals surface area contributed by atoms with Gasteiger partial charge in [0, 0.05) is 12.8 Å². The molecule has 1 aromatic carbocycles. The van der Waals surface area contributed by atoms with Crippen LogP contribution >= 0.6 is 0 Å². The Kier molecular flexibility index (Phi) is 18.9. The number of benzene rings is 1. The highest BCUT2D eigenvalue weighted by Crippen LogP contribution is 2.08. The average molecular weight is 780 g/mol. The molecule has 0 aliphatic carbocycles. The van der Waals surface area contributed by atoms with Crippen molar-refractivity contribution >= 4 is 65.2 Å². The van der Waals surface area contributed by atoms with E-state index in [-0.39, 0.29) is 6.42 Å². The van der Waals surface area contributed by atoms with Gasteiger partial charge in [0.15, 0.2) is 0 Å². The molecule has 1 aromatic rings. The van der Waals surface area contributed by atoms with Gasteiger partial charge in [-0.15, -0.1) is 0 Å². The third-order valence-electron chi connectivity index (χ3n) is 7.43. The summed E-state index contributed by atoms with van der Waals surface area (Å²) < 4.78 is 0. The van der Waals surface area contributed by atoms with E-state index >= 15 is 0 Å². The van der Waals surface area contributed by atoms with Crippen LogP contribution in [0.1, 0.15) is 51.5 Å². The largest absolute Gasteiger partial charge is 0.481 e. The number of carboxylic acids is 3. The first-order valence-electron chi connectivity index (χ1n) is 16.5. The first-order valence-corrected chi connectivity index (χ1v) is 16.5. The second kappa shape index (κ2) is 22.4. The number of hydrogen-bond acceptors (Lipinski definition) is 12. The molecule has 302 valence electrons. The zero-order valence-corrected chi connectivity index (χ0v) is 29.7. The van der Waals surface area contributed by atoms with Crippen LogP contribution in [-0.2, 0) is 59.2 Å². The van der Waals surface area contributed by atoms with Crippen molar-refractivity contribution in [2.75, 3.05) is 0 Å². The third-order valence-corrected chi connectivity index (χ3v) is 7.43. The number of nitrogens with one attached hydrogen (secondary N) is 6. The van der Waals surface area contributed by atoms with Crippen LogP contribution in [0.25, 0.3) is 0 Å². The molecule has 0 unspecified atom stereocenters. The van der Waals surface area contributed by atoms with Crippen molar-refractivity contribution < 1.29 is 68.1 Å². The molecule has 8 amide bonds. The molecule has 0 saturated heterocycles. The molecule has 0 spiro atoms. The zero-order valence-electron chi connectivity index (χ0n) is 29.7. The summed E-state index contributed by atoms with van der Waals surface area (Å²) in [7, 11) is 0. The number of rotatable bonds is 24. The minimum absolute atomic E-state index is 0.308. The first kappa shape index (κ1) is 46.4. The fourth-order valence-corrected chi connectivity index (χ4v) is 4.59. The summed E-state index contributed by atoms with van der Waals surface area (Å²) in [5, 5.41) is 41.1. The summed E-state index contributed by atoms with van der Waals surface area (Å²) in [6.07, 6.45) is -4.50. The second-order valence-electron chi connectivity index (χ2n) is 12.2. The maximum Gasteiger partial charge on any atom is 0.326 e. The summed E-state index contributed by atoms with van der Waals surface area (Å²) in [4.78, 5) is 136. The lowest BCUT2D eigenvalue weighted by Gasteiger charge is -2.26. The molecular formula is C32H45N9O14.